The third kappa shape index (κ3) is 5.47. The van der Waals surface area contributed by atoms with Gasteiger partial charge < -0.3 is 14.0 Å². The Kier molecular flexibility index (Phi) is 7.97. The minimum absolute atomic E-state index is 0.190. The van der Waals surface area contributed by atoms with Gasteiger partial charge in [-0.05, 0) is 63.4 Å². The normalized spacial score (nSPS) is 15.4. The van der Waals surface area contributed by atoms with Crippen LogP contribution in [0.3, 0.4) is 0 Å². The maximum absolute atomic E-state index is 12.9. The van der Waals surface area contributed by atoms with Crippen LogP contribution >= 0.6 is 0 Å². The van der Waals surface area contributed by atoms with Gasteiger partial charge in [-0.2, -0.15) is 4.31 Å². The van der Waals surface area contributed by atoms with E-state index in [4.69, 9.17) is 9.47 Å². The summed E-state index contributed by atoms with van der Waals surface area (Å²) in [4.78, 5) is 25.3. The van der Waals surface area contributed by atoms with Crippen molar-refractivity contribution in [2.75, 3.05) is 26.8 Å². The molecular formula is C24H32N2O6S. The predicted molar refractivity (Wildman–Crippen MR) is 124 cm³/mol. The van der Waals surface area contributed by atoms with Crippen molar-refractivity contribution in [3.05, 3.63) is 47.3 Å². The van der Waals surface area contributed by atoms with Crippen LogP contribution in [-0.4, -0.2) is 55.8 Å². The van der Waals surface area contributed by atoms with E-state index in [0.717, 1.165) is 24.4 Å². The summed E-state index contributed by atoms with van der Waals surface area (Å²) in [7, 11) is -2.12. The summed E-state index contributed by atoms with van der Waals surface area (Å²) in [5, 5.41) is 0. The molecule has 0 spiro atoms. The fraction of sp³-hybridized carbons (Fsp3) is 0.500. The molecule has 1 aromatic carbocycles. The molecule has 0 bridgehead atoms. The zero-order valence-electron chi connectivity index (χ0n) is 19.7. The number of rotatable bonds is 9. The van der Waals surface area contributed by atoms with Gasteiger partial charge in [-0.25, -0.2) is 8.42 Å². The zero-order chi connectivity index (χ0) is 24.2. The quantitative estimate of drug-likeness (QED) is 0.407. The number of methoxy groups -OCH3 is 1. The maximum atomic E-state index is 12.9. The highest BCUT2D eigenvalue weighted by molar-refractivity contribution is 7.89. The van der Waals surface area contributed by atoms with E-state index in [1.54, 1.807) is 12.1 Å². The molecule has 33 heavy (non-hydrogen) atoms. The van der Waals surface area contributed by atoms with Crippen molar-refractivity contribution < 1.29 is 27.5 Å². The first-order valence-corrected chi connectivity index (χ1v) is 12.6. The third-order valence-corrected chi connectivity index (χ3v) is 8.06. The second-order valence-corrected chi connectivity index (χ2v) is 10.3. The molecular weight excluding hydrogens is 444 g/mol. The lowest BCUT2D eigenvalue weighted by Crippen LogP contribution is -2.40. The van der Waals surface area contributed by atoms with Crippen molar-refractivity contribution in [2.45, 2.75) is 51.5 Å². The predicted octanol–water partition coefficient (Wildman–Crippen LogP) is 3.35. The molecule has 0 aliphatic carbocycles. The van der Waals surface area contributed by atoms with Crippen LogP contribution in [0, 0.1) is 19.8 Å². The lowest BCUT2D eigenvalue weighted by Gasteiger charge is -2.30. The van der Waals surface area contributed by atoms with Gasteiger partial charge in [0.25, 0.3) is 0 Å². The number of benzene rings is 1. The van der Waals surface area contributed by atoms with Crippen molar-refractivity contribution in [2.24, 2.45) is 5.92 Å². The van der Waals surface area contributed by atoms with Crippen LogP contribution in [-0.2, 0) is 26.1 Å². The van der Waals surface area contributed by atoms with Crippen LogP contribution in [0.4, 0.5) is 0 Å². The Labute approximate surface area is 195 Å². The van der Waals surface area contributed by atoms with Gasteiger partial charge in [0.1, 0.15) is 5.75 Å². The van der Waals surface area contributed by atoms with Gasteiger partial charge in [-0.15, -0.1) is 0 Å². The lowest BCUT2D eigenvalue weighted by atomic mass is 9.98. The molecule has 0 amide bonds. The number of ether oxygens (including phenoxy) is 2. The Morgan fingerprint density at radius 2 is 1.73 bits per heavy atom. The first-order valence-electron chi connectivity index (χ1n) is 11.2. The molecule has 1 aliphatic rings. The summed E-state index contributed by atoms with van der Waals surface area (Å²) in [5.74, 6) is -0.518. The Balaban J connectivity index is 1.54. The Morgan fingerprint density at radius 1 is 1.09 bits per heavy atom. The number of hydrogen-bond donors (Lipinski definition) is 0. The van der Waals surface area contributed by atoms with Crippen LogP contribution in [0.15, 0.2) is 35.2 Å². The van der Waals surface area contributed by atoms with E-state index in [1.165, 1.54) is 23.5 Å². The smallest absolute Gasteiger partial charge is 0.309 e. The number of aromatic nitrogens is 1. The van der Waals surface area contributed by atoms with E-state index < -0.39 is 21.9 Å². The molecule has 8 nitrogen and oxygen atoms in total. The second kappa shape index (κ2) is 10.5. The minimum Gasteiger partial charge on any atom is -0.497 e. The molecule has 0 radical (unpaired) electrons. The molecule has 0 N–H and O–H groups in total. The maximum Gasteiger partial charge on any atom is 0.309 e. The van der Waals surface area contributed by atoms with E-state index in [2.05, 4.69) is 11.5 Å². The topological polar surface area (TPSA) is 94.9 Å². The van der Waals surface area contributed by atoms with Crippen molar-refractivity contribution in [3.63, 3.8) is 0 Å². The third-order valence-electron chi connectivity index (χ3n) is 6.15. The molecule has 0 atom stereocenters. The molecule has 1 aliphatic heterocycles. The number of carbonyl (C=O) groups is 2. The largest absolute Gasteiger partial charge is 0.497 e. The monoisotopic (exact) mass is 476 g/mol. The van der Waals surface area contributed by atoms with Gasteiger partial charge >= 0.3 is 5.97 Å². The minimum atomic E-state index is -3.64. The first-order chi connectivity index (χ1) is 15.7. The summed E-state index contributed by atoms with van der Waals surface area (Å²) < 4.78 is 39.6. The van der Waals surface area contributed by atoms with Gasteiger partial charge in [0.05, 0.1) is 17.9 Å². The van der Waals surface area contributed by atoms with Crippen LogP contribution < -0.4 is 4.74 Å². The van der Waals surface area contributed by atoms with Crippen LogP contribution in [0.1, 0.15) is 47.9 Å². The zero-order valence-corrected chi connectivity index (χ0v) is 20.5. The standard InChI is InChI=1S/C24H32N2O6S/c1-5-12-26-17(2)15-22(18(26)3)23(27)16-32-24(28)19-10-13-25(14-11-19)33(29,30)21-8-6-20(31-4)7-9-21/h6-9,15,19H,5,10-14,16H2,1-4H3. The number of sulfonamides is 1. The first kappa shape index (κ1) is 25.0. The van der Waals surface area contributed by atoms with E-state index in [0.29, 0.717) is 24.2 Å². The fourth-order valence-corrected chi connectivity index (χ4v) is 5.68. The van der Waals surface area contributed by atoms with Gasteiger partial charge in [-0.1, -0.05) is 6.92 Å². The summed E-state index contributed by atoms with van der Waals surface area (Å²) >= 11 is 0. The lowest BCUT2D eigenvalue weighted by molar-refractivity contribution is -0.148. The van der Waals surface area contributed by atoms with Crippen molar-refractivity contribution >= 4 is 21.8 Å². The highest BCUT2D eigenvalue weighted by Gasteiger charge is 2.33. The van der Waals surface area contributed by atoms with E-state index in [-0.39, 0.29) is 30.4 Å². The molecule has 0 saturated carbocycles. The molecule has 3 rings (SSSR count). The molecule has 1 saturated heterocycles. The number of Topliss-reactive ketones (excluding diaryl/α,β-unsaturated/α-hetero) is 1. The van der Waals surface area contributed by atoms with E-state index in [1.807, 2.05) is 19.9 Å². The average molecular weight is 477 g/mol. The van der Waals surface area contributed by atoms with Crippen molar-refractivity contribution in [1.82, 2.24) is 8.87 Å². The number of carbonyl (C=O) groups excluding carboxylic acids is 2. The number of ketones is 1. The average Bonchev–Trinajstić information content (AvgIpc) is 3.11. The summed E-state index contributed by atoms with van der Waals surface area (Å²) in [5.41, 5.74) is 2.47. The highest BCUT2D eigenvalue weighted by Crippen LogP contribution is 2.26. The summed E-state index contributed by atoms with van der Waals surface area (Å²) in [6.45, 7) is 6.91. The van der Waals surface area contributed by atoms with Crippen molar-refractivity contribution in [3.8, 4) is 5.75 Å². The Hall–Kier alpha value is -2.65. The van der Waals surface area contributed by atoms with E-state index in [9.17, 15) is 18.0 Å². The van der Waals surface area contributed by atoms with Gasteiger partial charge in [0.15, 0.2) is 6.61 Å². The molecule has 1 fully saturated rings. The van der Waals surface area contributed by atoms with Gasteiger partial charge in [-0.3, -0.25) is 9.59 Å². The summed E-state index contributed by atoms with van der Waals surface area (Å²) in [6.07, 6.45) is 1.67. The van der Waals surface area contributed by atoms with Crippen molar-refractivity contribution in [1.29, 1.82) is 0 Å². The summed E-state index contributed by atoms with van der Waals surface area (Å²) in [6, 6.07) is 8.07. The number of hydrogen-bond acceptors (Lipinski definition) is 6. The number of nitrogens with zero attached hydrogens (tertiary/aromatic N) is 2. The SMILES string of the molecule is CCCn1c(C)cc(C(=O)COC(=O)C2CCN(S(=O)(=O)c3ccc(OC)cc3)CC2)c1C. The fourth-order valence-electron chi connectivity index (χ4n) is 4.21. The molecule has 0 unspecified atom stereocenters. The van der Waals surface area contributed by atoms with E-state index >= 15 is 0 Å². The Bertz CT molecular complexity index is 1100. The van der Waals surface area contributed by atoms with Gasteiger partial charge in [0, 0.05) is 36.6 Å². The van der Waals surface area contributed by atoms with Crippen LogP contribution in [0.5, 0.6) is 5.75 Å². The Morgan fingerprint density at radius 3 is 2.30 bits per heavy atom. The highest BCUT2D eigenvalue weighted by atomic mass is 32.2. The number of esters is 1. The number of piperidine rings is 1. The molecule has 9 heteroatoms. The molecule has 180 valence electrons. The molecule has 2 aromatic rings. The van der Waals surface area contributed by atoms with Gasteiger partial charge in [0.2, 0.25) is 15.8 Å². The second-order valence-electron chi connectivity index (χ2n) is 8.32. The molecule has 1 aromatic heterocycles. The van der Waals surface area contributed by atoms with Crippen LogP contribution in [0.25, 0.3) is 0 Å². The molecule has 2 heterocycles. The van der Waals surface area contributed by atoms with Crippen LogP contribution in [0.2, 0.25) is 0 Å². The number of aryl methyl sites for hydroxylation is 1.